The minimum Gasteiger partial charge on any atom is -0.329 e. The number of aliphatic imine (C=N–C) groups is 2. The van der Waals surface area contributed by atoms with Crippen LogP contribution in [0.25, 0.3) is 11.4 Å². The van der Waals surface area contributed by atoms with Gasteiger partial charge >= 0.3 is 21.1 Å². The summed E-state index contributed by atoms with van der Waals surface area (Å²) < 4.78 is 0. The Bertz CT molecular complexity index is 1000. The summed E-state index contributed by atoms with van der Waals surface area (Å²) in [5, 5.41) is 0. The molecule has 27 heavy (non-hydrogen) atoms. The van der Waals surface area contributed by atoms with Crippen molar-refractivity contribution in [3.05, 3.63) is 59.2 Å². The summed E-state index contributed by atoms with van der Waals surface area (Å²) in [6.07, 6.45) is 3.22. The van der Waals surface area contributed by atoms with Gasteiger partial charge in [0.25, 0.3) is 0 Å². The van der Waals surface area contributed by atoms with Gasteiger partial charge in [0.2, 0.25) is 0 Å². The molecule has 136 valence electrons. The zero-order chi connectivity index (χ0) is 18.3. The third-order valence-electron chi connectivity index (χ3n) is 4.00. The topological polar surface area (TPSA) is 76.3 Å². The predicted molar refractivity (Wildman–Crippen MR) is 100 cm³/mol. The SMILES string of the molecule is CC1=Nc2nccnc2N=C(C)c2[c-]c(nc(C)c2)-c2[c-]c1cc(C)n2.[Pt+2]. The van der Waals surface area contributed by atoms with Crippen LogP contribution in [-0.4, -0.2) is 31.4 Å². The smallest absolute Gasteiger partial charge is 0.329 e. The Morgan fingerprint density at radius 2 is 1.07 bits per heavy atom. The Hall–Kier alpha value is -2.59. The molecule has 4 heterocycles. The monoisotopic (exact) mass is 535 g/mol. The van der Waals surface area contributed by atoms with Gasteiger partial charge in [-0.25, -0.2) is 9.97 Å². The summed E-state index contributed by atoms with van der Waals surface area (Å²) in [5.41, 5.74) is 6.22. The van der Waals surface area contributed by atoms with Crippen molar-refractivity contribution in [2.45, 2.75) is 27.7 Å². The molecule has 0 saturated heterocycles. The maximum Gasteiger partial charge on any atom is 2.00 e. The quantitative estimate of drug-likeness (QED) is 0.411. The first-order chi connectivity index (χ1) is 12.5. The Morgan fingerprint density at radius 1 is 0.667 bits per heavy atom. The van der Waals surface area contributed by atoms with E-state index in [1.807, 2.05) is 39.8 Å². The van der Waals surface area contributed by atoms with E-state index in [1.54, 1.807) is 12.4 Å². The van der Waals surface area contributed by atoms with Gasteiger partial charge in [0.05, 0.1) is 0 Å². The fourth-order valence-electron chi connectivity index (χ4n) is 2.75. The van der Waals surface area contributed by atoms with E-state index in [1.165, 1.54) is 0 Å². The minimum absolute atomic E-state index is 0. The van der Waals surface area contributed by atoms with Crippen LogP contribution in [0.4, 0.5) is 11.6 Å². The third kappa shape index (κ3) is 3.91. The van der Waals surface area contributed by atoms with E-state index in [9.17, 15) is 0 Å². The van der Waals surface area contributed by atoms with Gasteiger partial charge in [-0.15, -0.1) is 23.3 Å². The molecule has 4 bridgehead atoms. The molecule has 0 saturated carbocycles. The van der Waals surface area contributed by atoms with Crippen molar-refractivity contribution in [3.63, 3.8) is 0 Å². The van der Waals surface area contributed by atoms with Crippen molar-refractivity contribution in [1.82, 2.24) is 19.9 Å². The van der Waals surface area contributed by atoms with Crippen LogP contribution in [0.1, 0.15) is 36.4 Å². The average molecular weight is 535 g/mol. The van der Waals surface area contributed by atoms with Gasteiger partial charge in [-0.1, -0.05) is 25.2 Å². The molecule has 1 aliphatic rings. The van der Waals surface area contributed by atoms with Gasteiger partial charge in [-0.3, -0.25) is 9.98 Å². The van der Waals surface area contributed by atoms with E-state index in [4.69, 9.17) is 0 Å². The molecular weight excluding hydrogens is 519 g/mol. The molecule has 7 heteroatoms. The van der Waals surface area contributed by atoms with E-state index in [2.05, 4.69) is 42.1 Å². The zero-order valence-electron chi connectivity index (χ0n) is 15.3. The van der Waals surface area contributed by atoms with E-state index in [0.717, 1.165) is 33.9 Å². The number of hydrogen-bond donors (Lipinski definition) is 0. The molecule has 0 unspecified atom stereocenters. The van der Waals surface area contributed by atoms with Gasteiger partial charge in [0.15, 0.2) is 11.6 Å². The molecule has 0 N–H and O–H groups in total. The summed E-state index contributed by atoms with van der Waals surface area (Å²) >= 11 is 0. The molecule has 0 fully saturated rings. The van der Waals surface area contributed by atoms with Crippen LogP contribution in [0.15, 0.2) is 34.5 Å². The molecule has 0 spiro atoms. The van der Waals surface area contributed by atoms with Gasteiger partial charge in [0, 0.05) is 12.4 Å². The van der Waals surface area contributed by atoms with Crippen molar-refractivity contribution >= 4 is 23.1 Å². The number of rotatable bonds is 0. The normalized spacial score (nSPS) is 12.6. The molecule has 0 aromatic carbocycles. The first-order valence-corrected chi connectivity index (χ1v) is 8.24. The number of hydrogen-bond acceptors (Lipinski definition) is 6. The first-order valence-electron chi connectivity index (χ1n) is 8.24. The van der Waals surface area contributed by atoms with Crippen LogP contribution in [0.3, 0.4) is 0 Å². The third-order valence-corrected chi connectivity index (χ3v) is 4.00. The van der Waals surface area contributed by atoms with Crippen molar-refractivity contribution in [2.24, 2.45) is 9.98 Å². The zero-order valence-corrected chi connectivity index (χ0v) is 17.6. The van der Waals surface area contributed by atoms with Crippen molar-refractivity contribution < 1.29 is 21.1 Å². The van der Waals surface area contributed by atoms with Crippen LogP contribution >= 0.6 is 0 Å². The molecule has 3 aromatic rings. The van der Waals surface area contributed by atoms with Crippen LogP contribution < -0.4 is 0 Å². The number of nitrogens with zero attached hydrogens (tertiary/aromatic N) is 6. The second kappa shape index (κ2) is 7.57. The second-order valence-electron chi connectivity index (χ2n) is 6.17. The summed E-state index contributed by atoms with van der Waals surface area (Å²) in [4.78, 5) is 27.1. The maximum atomic E-state index is 4.62. The fraction of sp³-hybridized carbons (Fsp3) is 0.200. The predicted octanol–water partition coefficient (Wildman–Crippen LogP) is 3.74. The maximum absolute atomic E-state index is 4.62. The van der Waals surface area contributed by atoms with Crippen molar-refractivity contribution in [1.29, 1.82) is 0 Å². The summed E-state index contributed by atoms with van der Waals surface area (Å²) in [6, 6.07) is 10.5. The number of aryl methyl sites for hydroxylation is 2. The Morgan fingerprint density at radius 3 is 1.48 bits per heavy atom. The van der Waals surface area contributed by atoms with E-state index in [-0.39, 0.29) is 21.1 Å². The van der Waals surface area contributed by atoms with Crippen molar-refractivity contribution in [3.8, 4) is 11.4 Å². The van der Waals surface area contributed by atoms with Crippen LogP contribution in [0.5, 0.6) is 0 Å². The van der Waals surface area contributed by atoms with Crippen LogP contribution in [-0.2, 0) is 21.1 Å². The average Bonchev–Trinajstić information content (AvgIpc) is 2.61. The van der Waals surface area contributed by atoms with Gasteiger partial charge in [0.1, 0.15) is 0 Å². The molecule has 4 rings (SSSR count). The molecule has 0 radical (unpaired) electrons. The number of aromatic nitrogens is 4. The summed E-state index contributed by atoms with van der Waals surface area (Å²) in [5.74, 6) is 0.945. The Balaban J connectivity index is 0.00000210. The molecule has 6 nitrogen and oxygen atoms in total. The largest absolute Gasteiger partial charge is 2.00 e. The van der Waals surface area contributed by atoms with Gasteiger partial charge < -0.3 is 9.97 Å². The second-order valence-corrected chi connectivity index (χ2v) is 6.17. The van der Waals surface area contributed by atoms with Crippen LogP contribution in [0, 0.1) is 26.0 Å². The standard InChI is InChI=1S/C20H16N6.Pt/c1-11-7-15-9-17(23-11)18-10-16(8-12(2)24-18)14(4)26-20-19(25-13(15)3)21-5-6-22-20;/h5-8H,1-4H3;/q-2;+2. The molecule has 0 atom stereocenters. The minimum atomic E-state index is 0. The number of fused-ring (bicyclic) bond motifs is 6. The molecule has 0 aliphatic carbocycles. The molecule has 0 amide bonds. The first kappa shape index (κ1) is 19.2. The van der Waals surface area contributed by atoms with Gasteiger partial charge in [-0.05, 0) is 36.7 Å². The van der Waals surface area contributed by atoms with Crippen LogP contribution in [0.2, 0.25) is 0 Å². The molecular formula is C20H16N6Pt. The van der Waals surface area contributed by atoms with Gasteiger partial charge in [-0.2, -0.15) is 12.1 Å². The van der Waals surface area contributed by atoms with E-state index in [0.29, 0.717) is 23.0 Å². The summed E-state index contributed by atoms with van der Waals surface area (Å²) in [6.45, 7) is 7.71. The van der Waals surface area contributed by atoms with E-state index >= 15 is 0 Å². The Labute approximate surface area is 172 Å². The Kier molecular flexibility index (Phi) is 5.38. The van der Waals surface area contributed by atoms with Crippen molar-refractivity contribution in [2.75, 3.05) is 0 Å². The fourth-order valence-corrected chi connectivity index (χ4v) is 2.75. The summed E-state index contributed by atoms with van der Waals surface area (Å²) in [7, 11) is 0. The molecule has 1 aliphatic heterocycles. The van der Waals surface area contributed by atoms with E-state index < -0.39 is 0 Å². The molecule has 3 aromatic heterocycles. The number of pyridine rings is 2.